The molecule has 1 atom stereocenters. The van der Waals surface area contributed by atoms with Crippen molar-refractivity contribution in [2.75, 3.05) is 18.4 Å². The van der Waals surface area contributed by atoms with Crippen LogP contribution in [0.15, 0.2) is 24.3 Å². The Bertz CT molecular complexity index is 411. The average molecular weight is 264 g/mol. The summed E-state index contributed by atoms with van der Waals surface area (Å²) in [5.41, 5.74) is 0.646. The van der Waals surface area contributed by atoms with Crippen LogP contribution in [0.2, 0.25) is 0 Å². The molecule has 0 saturated carbocycles. The smallest absolute Gasteiger partial charge is 0.241 e. The second kappa shape index (κ2) is 6.66. The predicted molar refractivity (Wildman–Crippen MR) is 74.5 cm³/mol. The lowest BCUT2D eigenvalue weighted by Crippen LogP contribution is -2.42. The molecule has 1 aliphatic rings. The van der Waals surface area contributed by atoms with E-state index in [-0.39, 0.29) is 17.8 Å². The summed E-state index contributed by atoms with van der Waals surface area (Å²) in [6.45, 7) is 3.90. The molecule has 1 saturated heterocycles. The Labute approximate surface area is 113 Å². The van der Waals surface area contributed by atoms with Gasteiger partial charge in [0.05, 0.1) is 6.04 Å². The quantitative estimate of drug-likeness (QED) is 0.910. The normalized spacial score (nSPS) is 18.6. The van der Waals surface area contributed by atoms with Gasteiger partial charge in [0, 0.05) is 5.69 Å². The summed E-state index contributed by atoms with van der Waals surface area (Å²) in [7, 11) is 0. The Morgan fingerprint density at radius 2 is 1.74 bits per heavy atom. The third-order valence-electron chi connectivity index (χ3n) is 3.68. The van der Waals surface area contributed by atoms with Gasteiger partial charge in [0.1, 0.15) is 5.82 Å². The summed E-state index contributed by atoms with van der Waals surface area (Å²) in [5.74, 6) is -0.313. The summed E-state index contributed by atoms with van der Waals surface area (Å²) in [4.78, 5) is 14.4. The van der Waals surface area contributed by atoms with E-state index >= 15 is 0 Å². The van der Waals surface area contributed by atoms with Gasteiger partial charge < -0.3 is 5.32 Å². The fourth-order valence-electron chi connectivity index (χ4n) is 2.43. The molecule has 0 unspecified atom stereocenters. The topological polar surface area (TPSA) is 32.3 Å². The van der Waals surface area contributed by atoms with E-state index in [9.17, 15) is 9.18 Å². The molecule has 0 spiro atoms. The van der Waals surface area contributed by atoms with Gasteiger partial charge in [-0.25, -0.2) is 4.39 Å². The molecule has 104 valence electrons. The van der Waals surface area contributed by atoms with Crippen LogP contribution in [0.3, 0.4) is 0 Å². The van der Waals surface area contributed by atoms with Crippen molar-refractivity contribution >= 4 is 11.6 Å². The van der Waals surface area contributed by atoms with E-state index in [2.05, 4.69) is 10.2 Å². The van der Waals surface area contributed by atoms with Crippen molar-refractivity contribution in [3.63, 3.8) is 0 Å². The van der Waals surface area contributed by atoms with Crippen molar-refractivity contribution in [2.45, 2.75) is 38.6 Å². The minimum atomic E-state index is -0.293. The molecular weight excluding hydrogens is 243 g/mol. The number of nitrogens with one attached hydrogen (secondary N) is 1. The Hall–Kier alpha value is -1.42. The van der Waals surface area contributed by atoms with Crippen LogP contribution in [0, 0.1) is 5.82 Å². The van der Waals surface area contributed by atoms with Gasteiger partial charge in [-0.05, 0) is 57.1 Å². The lowest BCUT2D eigenvalue weighted by Gasteiger charge is -2.26. The highest BCUT2D eigenvalue weighted by molar-refractivity contribution is 5.94. The van der Waals surface area contributed by atoms with Crippen molar-refractivity contribution in [3.8, 4) is 0 Å². The number of carbonyl (C=O) groups excluding carboxylic acids is 1. The van der Waals surface area contributed by atoms with E-state index in [1.54, 1.807) is 12.1 Å². The molecule has 2 rings (SSSR count). The van der Waals surface area contributed by atoms with Gasteiger partial charge in [0.15, 0.2) is 0 Å². The van der Waals surface area contributed by atoms with Gasteiger partial charge >= 0.3 is 0 Å². The second-order valence-corrected chi connectivity index (χ2v) is 5.12. The van der Waals surface area contributed by atoms with E-state index in [1.165, 1.54) is 25.0 Å². The van der Waals surface area contributed by atoms with Gasteiger partial charge in [-0.3, -0.25) is 9.69 Å². The van der Waals surface area contributed by atoms with Crippen LogP contribution in [0.1, 0.15) is 32.6 Å². The van der Waals surface area contributed by atoms with Gasteiger partial charge in [0.25, 0.3) is 0 Å². The van der Waals surface area contributed by atoms with Crippen molar-refractivity contribution in [1.29, 1.82) is 0 Å². The summed E-state index contributed by atoms with van der Waals surface area (Å²) in [6.07, 6.45) is 4.83. The molecule has 0 radical (unpaired) electrons. The van der Waals surface area contributed by atoms with E-state index in [4.69, 9.17) is 0 Å². The predicted octanol–water partition coefficient (Wildman–Crippen LogP) is 3.03. The molecule has 1 heterocycles. The number of carbonyl (C=O) groups is 1. The maximum Gasteiger partial charge on any atom is 0.241 e. The molecule has 0 bridgehead atoms. The number of likely N-dealkylation sites (tertiary alicyclic amines) is 1. The Morgan fingerprint density at radius 3 is 2.32 bits per heavy atom. The highest BCUT2D eigenvalue weighted by atomic mass is 19.1. The highest BCUT2D eigenvalue weighted by Crippen LogP contribution is 2.14. The Morgan fingerprint density at radius 1 is 1.16 bits per heavy atom. The lowest BCUT2D eigenvalue weighted by molar-refractivity contribution is -0.120. The molecule has 1 aliphatic heterocycles. The molecular formula is C15H21FN2O. The first-order valence-electron chi connectivity index (χ1n) is 6.97. The summed E-state index contributed by atoms with van der Waals surface area (Å²) in [6, 6.07) is 5.74. The minimum Gasteiger partial charge on any atom is -0.325 e. The van der Waals surface area contributed by atoms with Crippen LogP contribution in [0.5, 0.6) is 0 Å². The minimum absolute atomic E-state index is 0.0199. The fourth-order valence-corrected chi connectivity index (χ4v) is 2.43. The van der Waals surface area contributed by atoms with E-state index < -0.39 is 0 Å². The molecule has 1 amide bonds. The second-order valence-electron chi connectivity index (χ2n) is 5.12. The summed E-state index contributed by atoms with van der Waals surface area (Å²) < 4.78 is 12.8. The number of anilines is 1. The zero-order valence-corrected chi connectivity index (χ0v) is 11.4. The van der Waals surface area contributed by atoms with E-state index in [0.29, 0.717) is 5.69 Å². The number of benzene rings is 1. The first-order chi connectivity index (χ1) is 9.16. The SMILES string of the molecule is C[C@@H](C(=O)Nc1ccc(F)cc1)N1CCCCCC1. The largest absolute Gasteiger partial charge is 0.325 e. The van der Waals surface area contributed by atoms with Crippen molar-refractivity contribution in [3.05, 3.63) is 30.1 Å². The van der Waals surface area contributed by atoms with Crippen LogP contribution >= 0.6 is 0 Å². The average Bonchev–Trinajstić information content (AvgIpc) is 2.69. The van der Waals surface area contributed by atoms with Crippen LogP contribution in [-0.2, 0) is 4.79 Å². The monoisotopic (exact) mass is 264 g/mol. The first kappa shape index (κ1) is 14.0. The summed E-state index contributed by atoms with van der Waals surface area (Å²) >= 11 is 0. The van der Waals surface area contributed by atoms with Crippen LogP contribution < -0.4 is 5.32 Å². The molecule has 1 aromatic rings. The molecule has 4 heteroatoms. The van der Waals surface area contributed by atoms with Crippen LogP contribution in [-0.4, -0.2) is 29.9 Å². The molecule has 19 heavy (non-hydrogen) atoms. The van der Waals surface area contributed by atoms with Gasteiger partial charge in [-0.15, -0.1) is 0 Å². The molecule has 1 aromatic carbocycles. The maximum absolute atomic E-state index is 12.8. The molecule has 0 aliphatic carbocycles. The van der Waals surface area contributed by atoms with E-state index in [1.807, 2.05) is 6.92 Å². The Balaban J connectivity index is 1.92. The fraction of sp³-hybridized carbons (Fsp3) is 0.533. The lowest BCUT2D eigenvalue weighted by atomic mass is 10.2. The number of halogens is 1. The number of hydrogen-bond acceptors (Lipinski definition) is 2. The van der Waals surface area contributed by atoms with Crippen LogP contribution in [0.25, 0.3) is 0 Å². The summed E-state index contributed by atoms with van der Waals surface area (Å²) in [5, 5.41) is 2.84. The van der Waals surface area contributed by atoms with E-state index in [0.717, 1.165) is 25.9 Å². The van der Waals surface area contributed by atoms with Gasteiger partial charge in [-0.2, -0.15) is 0 Å². The standard InChI is InChI=1S/C15H21FN2O/c1-12(18-10-4-2-3-5-11-18)15(19)17-14-8-6-13(16)7-9-14/h6-9,12H,2-5,10-11H2,1H3,(H,17,19)/t12-/m0/s1. The zero-order chi connectivity index (χ0) is 13.7. The zero-order valence-electron chi connectivity index (χ0n) is 11.4. The molecule has 1 N–H and O–H groups in total. The molecule has 3 nitrogen and oxygen atoms in total. The number of nitrogens with zero attached hydrogens (tertiary/aromatic N) is 1. The third-order valence-corrected chi connectivity index (χ3v) is 3.68. The molecule has 0 aromatic heterocycles. The van der Waals surface area contributed by atoms with Crippen molar-refractivity contribution < 1.29 is 9.18 Å². The number of amides is 1. The molecule has 1 fully saturated rings. The van der Waals surface area contributed by atoms with Crippen molar-refractivity contribution in [2.24, 2.45) is 0 Å². The van der Waals surface area contributed by atoms with Crippen molar-refractivity contribution in [1.82, 2.24) is 4.90 Å². The van der Waals surface area contributed by atoms with Gasteiger partial charge in [0.2, 0.25) is 5.91 Å². The number of rotatable bonds is 3. The number of hydrogen-bond donors (Lipinski definition) is 1. The third kappa shape index (κ3) is 4.03. The first-order valence-corrected chi connectivity index (χ1v) is 6.97. The maximum atomic E-state index is 12.8. The van der Waals surface area contributed by atoms with Gasteiger partial charge in [-0.1, -0.05) is 12.8 Å². The Kier molecular flexibility index (Phi) is 4.91. The van der Waals surface area contributed by atoms with Crippen LogP contribution in [0.4, 0.5) is 10.1 Å². The highest BCUT2D eigenvalue weighted by Gasteiger charge is 2.21.